The summed E-state index contributed by atoms with van der Waals surface area (Å²) in [6.07, 6.45) is 0. The Hall–Kier alpha value is -19.6. The normalized spacial score (nSPS) is 11.6. The summed E-state index contributed by atoms with van der Waals surface area (Å²) < 4.78 is 14.1. The number of hydrogen-bond donors (Lipinski definition) is 0. The smallest absolute Gasteiger partial charge is 0.238 e. The summed E-state index contributed by atoms with van der Waals surface area (Å²) in [6, 6.07) is 181. The van der Waals surface area contributed by atoms with Crippen LogP contribution in [0.4, 0.5) is 0 Å². The second-order valence-electron chi connectivity index (χ2n) is 36.3. The molecule has 29 rings (SSSR count). The second-order valence-corrected chi connectivity index (χ2v) is 36.3. The highest BCUT2D eigenvalue weighted by Gasteiger charge is 2.28. The first-order valence-corrected chi connectivity index (χ1v) is 48.6. The minimum Gasteiger partial charge on any atom is -0.309 e. The van der Waals surface area contributed by atoms with E-state index in [0.717, 1.165) is 156 Å². The Balaban J connectivity index is 0.000000109. The molecule has 0 aliphatic heterocycles. The van der Waals surface area contributed by atoms with E-state index in [2.05, 4.69) is 470 Å². The van der Waals surface area contributed by atoms with Crippen molar-refractivity contribution in [1.29, 1.82) is 0 Å². The van der Waals surface area contributed by atoms with Crippen molar-refractivity contribution < 1.29 is 0 Å². The molecule has 10 aromatic heterocycles. The first-order chi connectivity index (χ1) is 71.4. The van der Waals surface area contributed by atoms with Gasteiger partial charge in [-0.05, 0) is 115 Å². The molecule has 674 valence electrons. The Morgan fingerprint density at radius 3 is 0.604 bits per heavy atom. The third-order valence-corrected chi connectivity index (χ3v) is 27.8. The van der Waals surface area contributed by atoms with Gasteiger partial charge in [0.2, 0.25) is 11.9 Å². The largest absolute Gasteiger partial charge is 0.309 e. The van der Waals surface area contributed by atoms with Crippen molar-refractivity contribution in [2.24, 2.45) is 0 Å². The topological polar surface area (TPSA) is 120 Å². The zero-order valence-electron chi connectivity index (χ0n) is 77.9. The molecule has 0 aliphatic carbocycles. The fourth-order valence-corrected chi connectivity index (χ4v) is 21.3. The Labute approximate surface area is 828 Å². The average Bonchev–Trinajstić information content (AvgIpc) is 1.54. The molecular weight excluding hydrogens is 1760 g/mol. The molecule has 144 heavy (non-hydrogen) atoms. The molecule has 0 fully saturated rings. The van der Waals surface area contributed by atoms with E-state index in [4.69, 9.17) is 34.9 Å². The summed E-state index contributed by atoms with van der Waals surface area (Å²) in [5.74, 6) is 2.53. The zero-order chi connectivity index (χ0) is 95.1. The van der Waals surface area contributed by atoms with Gasteiger partial charge in [0, 0.05) is 121 Å². The summed E-state index contributed by atoms with van der Waals surface area (Å²) in [6.45, 7) is 0. The molecule has 10 heterocycles. The van der Waals surface area contributed by atoms with Crippen LogP contribution in [-0.2, 0) is 0 Å². The van der Waals surface area contributed by atoms with E-state index in [0.29, 0.717) is 23.5 Å². The molecule has 13 heteroatoms. The SMILES string of the molecule is c1ccc(-c2cc(-c3ccccc3)nc(-n3c4ccccc4c4cc5c(cc43)c3ccccc3n5-c3ccccc3)n2)cc1.c1ccc(-c2cc(-n3c4ccccc4c4ccc5c6ccccc6n(-c6cc(-c7ccccc7)nc(-c7ccccc7)c6)c5c43)cc(-c3ccccc3)n2)cc1.c1ccc(-c2nc(-c3ccccc3)nc(-n3c4ccccc4c4cc5c(cc43)c3ccccc3n5-c3ccccc3)n2)cc1. The number of benzene rings is 19. The van der Waals surface area contributed by atoms with Crippen LogP contribution in [-0.4, -0.2) is 62.3 Å². The van der Waals surface area contributed by atoms with Crippen molar-refractivity contribution in [3.8, 4) is 125 Å². The van der Waals surface area contributed by atoms with Crippen LogP contribution in [0.5, 0.6) is 0 Å². The quantitative estimate of drug-likeness (QED) is 0.106. The van der Waals surface area contributed by atoms with Crippen molar-refractivity contribution in [3.63, 3.8) is 0 Å². The van der Waals surface area contributed by atoms with Gasteiger partial charge in [-0.15, -0.1) is 0 Å². The van der Waals surface area contributed by atoms with E-state index in [1.165, 1.54) is 75.9 Å². The molecule has 0 unspecified atom stereocenters. The van der Waals surface area contributed by atoms with Gasteiger partial charge < -0.3 is 18.3 Å². The molecule has 0 amide bonds. The number of pyridine rings is 2. The van der Waals surface area contributed by atoms with Gasteiger partial charge in [-0.25, -0.2) is 24.9 Å². The fourth-order valence-electron chi connectivity index (χ4n) is 21.3. The minimum atomic E-state index is 0.593. The van der Waals surface area contributed by atoms with Gasteiger partial charge in [-0.2, -0.15) is 9.97 Å². The van der Waals surface area contributed by atoms with Gasteiger partial charge in [-0.1, -0.05) is 400 Å². The molecule has 19 aromatic carbocycles. The summed E-state index contributed by atoms with van der Waals surface area (Å²) in [5, 5.41) is 14.2. The monoisotopic (exact) mass is 1840 g/mol. The van der Waals surface area contributed by atoms with Crippen molar-refractivity contribution in [3.05, 3.63) is 516 Å². The first-order valence-electron chi connectivity index (χ1n) is 48.6. The van der Waals surface area contributed by atoms with E-state index in [-0.39, 0.29) is 0 Å². The van der Waals surface area contributed by atoms with Gasteiger partial charge in [0.1, 0.15) is 0 Å². The number of para-hydroxylation sites is 8. The third kappa shape index (κ3) is 14.6. The highest BCUT2D eigenvalue weighted by molar-refractivity contribution is 6.25. The van der Waals surface area contributed by atoms with Crippen LogP contribution >= 0.6 is 0 Å². The fraction of sp³-hybridized carbons (Fsp3) is 0. The van der Waals surface area contributed by atoms with Gasteiger partial charge in [0.25, 0.3) is 0 Å². The van der Waals surface area contributed by atoms with Crippen LogP contribution in [0.1, 0.15) is 0 Å². The van der Waals surface area contributed by atoms with Crippen molar-refractivity contribution in [2.75, 3.05) is 0 Å². The maximum atomic E-state index is 5.26. The Morgan fingerprint density at radius 1 is 0.118 bits per heavy atom. The Bertz CT molecular complexity index is 9180. The molecule has 0 saturated carbocycles. The molecule has 0 saturated heterocycles. The molecule has 0 atom stereocenters. The van der Waals surface area contributed by atoms with Crippen LogP contribution in [0, 0.1) is 0 Å². The summed E-state index contributed by atoms with van der Waals surface area (Å²) in [7, 11) is 0. The number of fused-ring (bicyclic) bond motifs is 19. The molecule has 0 spiro atoms. The van der Waals surface area contributed by atoms with Crippen molar-refractivity contribution in [1.82, 2.24) is 62.3 Å². The average molecular weight is 1840 g/mol. The van der Waals surface area contributed by atoms with E-state index < -0.39 is 0 Å². The highest BCUT2D eigenvalue weighted by Crippen LogP contribution is 2.47. The lowest BCUT2D eigenvalue weighted by Gasteiger charge is -2.16. The number of rotatable bonds is 14. The van der Waals surface area contributed by atoms with Crippen molar-refractivity contribution >= 4 is 131 Å². The van der Waals surface area contributed by atoms with Gasteiger partial charge in [0.05, 0.1) is 112 Å². The second kappa shape index (κ2) is 35.4. The third-order valence-electron chi connectivity index (χ3n) is 27.8. The lowest BCUT2D eigenvalue weighted by atomic mass is 10.1. The zero-order valence-corrected chi connectivity index (χ0v) is 77.9. The lowest BCUT2D eigenvalue weighted by molar-refractivity contribution is 0.954. The molecule has 13 nitrogen and oxygen atoms in total. The van der Waals surface area contributed by atoms with Gasteiger partial charge in [-0.3, -0.25) is 9.13 Å². The molecular formula is C131H85N13. The van der Waals surface area contributed by atoms with Crippen LogP contribution < -0.4 is 0 Å². The van der Waals surface area contributed by atoms with Gasteiger partial charge in [0.15, 0.2) is 11.6 Å². The van der Waals surface area contributed by atoms with Crippen molar-refractivity contribution in [2.45, 2.75) is 0 Å². The van der Waals surface area contributed by atoms with Crippen LogP contribution in [0.25, 0.3) is 256 Å². The van der Waals surface area contributed by atoms with E-state index in [1.807, 2.05) is 72.8 Å². The standard InChI is InChI=1S/C52H34N4.C40H26N4.C39H25N5/c1-5-17-35(18-6-1)45-31-39(32-46(53-45)36-19-7-2-8-20-36)55-49-27-15-13-25-41(49)43-29-30-44-42-26-14-16-28-50(42)56(52(44)51(43)55)40-33-47(37-21-9-3-10-22-37)54-48(34-40)38-23-11-4-12-24-38;1-4-14-27(15-5-1)34-26-35(28-16-6-2-7-17-28)42-40(41-34)44-37-23-13-11-21-31(37)33-24-38-32(25-39(33)44)30-20-10-12-22-36(30)43(38)29-18-8-3-9-19-29;1-4-14-26(15-5-1)37-40-38(27-16-6-2-7-17-27)42-39(41-37)44-34-23-13-11-21-30(34)32-24-35-31(25-36(32)44)29-20-10-12-22-33(29)43(35)28-18-8-3-9-19-28/h1-34H;1-26H;1-25H. The summed E-state index contributed by atoms with van der Waals surface area (Å²) in [5.41, 5.74) is 31.7. The first kappa shape index (κ1) is 83.7. The molecule has 0 N–H and O–H groups in total. The minimum absolute atomic E-state index is 0.593. The lowest BCUT2D eigenvalue weighted by Crippen LogP contribution is -2.06. The number of hydrogen-bond acceptors (Lipinski definition) is 7. The van der Waals surface area contributed by atoms with Crippen LogP contribution in [0.2, 0.25) is 0 Å². The summed E-state index contributed by atoms with van der Waals surface area (Å²) in [4.78, 5) is 36.1. The van der Waals surface area contributed by atoms with Gasteiger partial charge >= 0.3 is 0 Å². The number of aromatic nitrogens is 13. The van der Waals surface area contributed by atoms with E-state index in [9.17, 15) is 0 Å². The maximum Gasteiger partial charge on any atom is 0.238 e. The predicted molar refractivity (Wildman–Crippen MR) is 593 cm³/mol. The molecule has 29 aromatic rings. The Morgan fingerprint density at radius 2 is 0.326 bits per heavy atom. The highest BCUT2D eigenvalue weighted by atomic mass is 15.2. The molecule has 0 aliphatic rings. The maximum absolute atomic E-state index is 5.26. The van der Waals surface area contributed by atoms with Crippen LogP contribution in [0.3, 0.4) is 0 Å². The predicted octanol–water partition coefficient (Wildman–Crippen LogP) is 32.7. The van der Waals surface area contributed by atoms with E-state index >= 15 is 0 Å². The Kier molecular flexibility index (Phi) is 20.6. The molecule has 0 radical (unpaired) electrons. The number of nitrogens with zero attached hydrogens (tertiary/aromatic N) is 13. The van der Waals surface area contributed by atoms with Crippen LogP contribution in [0.15, 0.2) is 516 Å². The summed E-state index contributed by atoms with van der Waals surface area (Å²) >= 11 is 0. The molecule has 0 bridgehead atoms. The van der Waals surface area contributed by atoms with E-state index in [1.54, 1.807) is 0 Å².